The number of rotatable bonds is 3. The average molecular weight is 280 g/mol. The molecular weight excluding hydrogens is 248 g/mol. The highest BCUT2D eigenvalue weighted by Crippen LogP contribution is 2.24. The van der Waals surface area contributed by atoms with Gasteiger partial charge in [0.2, 0.25) is 0 Å². The highest BCUT2D eigenvalue weighted by Gasteiger charge is 2.33. The van der Waals surface area contributed by atoms with Gasteiger partial charge < -0.3 is 5.32 Å². The van der Waals surface area contributed by atoms with Crippen LogP contribution in [0.3, 0.4) is 0 Å². The molecule has 0 saturated carbocycles. The summed E-state index contributed by atoms with van der Waals surface area (Å²) in [5, 5.41) is 3.47. The molecule has 3 heterocycles. The summed E-state index contributed by atoms with van der Waals surface area (Å²) in [5.74, 6) is 0. The van der Waals surface area contributed by atoms with Gasteiger partial charge in [-0.1, -0.05) is 0 Å². The Morgan fingerprint density at radius 2 is 1.75 bits per heavy atom. The van der Waals surface area contributed by atoms with Gasteiger partial charge in [-0.3, -0.25) is 14.7 Å². The van der Waals surface area contributed by atoms with Gasteiger partial charge in [-0.15, -0.1) is 0 Å². The Hall–Kier alpha value is -0.160. The first-order chi connectivity index (χ1) is 9.65. The third-order valence-electron chi connectivity index (χ3n) is 5.47. The molecule has 0 aliphatic carbocycles. The number of nitrogens with one attached hydrogen (secondary N) is 1. The van der Waals surface area contributed by atoms with Crippen molar-refractivity contribution in [1.82, 2.24) is 20.0 Å². The number of piperazine rings is 1. The molecule has 3 fully saturated rings. The van der Waals surface area contributed by atoms with E-state index in [2.05, 4.69) is 33.9 Å². The zero-order valence-electron chi connectivity index (χ0n) is 13.4. The fourth-order valence-electron chi connectivity index (χ4n) is 4.34. The number of hydrogen-bond donors (Lipinski definition) is 1. The van der Waals surface area contributed by atoms with Crippen LogP contribution >= 0.6 is 0 Å². The fraction of sp³-hybridized carbons (Fsp3) is 1.00. The molecule has 4 heteroatoms. The van der Waals surface area contributed by atoms with E-state index in [0.29, 0.717) is 5.54 Å². The summed E-state index contributed by atoms with van der Waals surface area (Å²) in [6, 6.07) is 0.844. The van der Waals surface area contributed by atoms with E-state index in [9.17, 15) is 0 Å². The summed E-state index contributed by atoms with van der Waals surface area (Å²) in [7, 11) is 0. The quantitative estimate of drug-likeness (QED) is 0.827. The lowest BCUT2D eigenvalue weighted by molar-refractivity contribution is 0.0607. The van der Waals surface area contributed by atoms with Crippen LogP contribution in [0.1, 0.15) is 33.1 Å². The largest absolute Gasteiger partial charge is 0.314 e. The molecule has 116 valence electrons. The van der Waals surface area contributed by atoms with Crippen LogP contribution in [0.2, 0.25) is 0 Å². The van der Waals surface area contributed by atoms with Gasteiger partial charge in [-0.05, 0) is 52.7 Å². The van der Waals surface area contributed by atoms with Crippen molar-refractivity contribution < 1.29 is 0 Å². The normalized spacial score (nSPS) is 31.2. The molecule has 0 amide bonds. The highest BCUT2D eigenvalue weighted by molar-refractivity contribution is 4.91. The van der Waals surface area contributed by atoms with Gasteiger partial charge in [-0.2, -0.15) is 0 Å². The molecule has 0 radical (unpaired) electrons. The van der Waals surface area contributed by atoms with Crippen LogP contribution < -0.4 is 5.32 Å². The van der Waals surface area contributed by atoms with Gasteiger partial charge in [0.1, 0.15) is 0 Å². The van der Waals surface area contributed by atoms with Gasteiger partial charge >= 0.3 is 0 Å². The fourth-order valence-corrected chi connectivity index (χ4v) is 4.34. The minimum atomic E-state index is 0.315. The Bertz CT molecular complexity index is 312. The molecule has 1 unspecified atom stereocenters. The van der Waals surface area contributed by atoms with Gasteiger partial charge in [0.15, 0.2) is 0 Å². The third-order valence-corrected chi connectivity index (χ3v) is 5.47. The Labute approximate surface area is 124 Å². The molecule has 3 rings (SSSR count). The minimum Gasteiger partial charge on any atom is -0.314 e. The molecule has 4 nitrogen and oxygen atoms in total. The van der Waals surface area contributed by atoms with E-state index in [-0.39, 0.29) is 0 Å². The van der Waals surface area contributed by atoms with Gasteiger partial charge in [0.05, 0.1) is 0 Å². The number of nitrogens with zero attached hydrogens (tertiary/aromatic N) is 3. The van der Waals surface area contributed by atoms with E-state index in [0.717, 1.165) is 19.1 Å². The van der Waals surface area contributed by atoms with Crippen LogP contribution in [0.5, 0.6) is 0 Å². The molecule has 0 aromatic carbocycles. The van der Waals surface area contributed by atoms with Crippen LogP contribution in [-0.2, 0) is 0 Å². The summed E-state index contributed by atoms with van der Waals surface area (Å²) < 4.78 is 0. The van der Waals surface area contributed by atoms with Crippen LogP contribution in [0.4, 0.5) is 0 Å². The molecule has 0 aromatic rings. The summed E-state index contributed by atoms with van der Waals surface area (Å²) in [6.45, 7) is 16.1. The van der Waals surface area contributed by atoms with E-state index < -0.39 is 0 Å². The molecular formula is C16H32N4. The summed E-state index contributed by atoms with van der Waals surface area (Å²) in [5.41, 5.74) is 0.315. The lowest BCUT2D eigenvalue weighted by atomic mass is 10.00. The molecule has 20 heavy (non-hydrogen) atoms. The highest BCUT2D eigenvalue weighted by atomic mass is 15.3. The molecule has 0 spiro atoms. The first-order valence-electron chi connectivity index (χ1n) is 8.57. The number of fused-ring (bicyclic) bond motifs is 1. The second-order valence-corrected chi connectivity index (χ2v) is 7.47. The van der Waals surface area contributed by atoms with E-state index in [4.69, 9.17) is 0 Å². The van der Waals surface area contributed by atoms with Crippen molar-refractivity contribution in [2.24, 2.45) is 0 Å². The Balaban J connectivity index is 1.57. The van der Waals surface area contributed by atoms with Crippen molar-refractivity contribution in [3.8, 4) is 0 Å². The van der Waals surface area contributed by atoms with E-state index >= 15 is 0 Å². The maximum atomic E-state index is 3.47. The first-order valence-corrected chi connectivity index (χ1v) is 8.57. The summed E-state index contributed by atoms with van der Waals surface area (Å²) >= 11 is 0. The van der Waals surface area contributed by atoms with Gasteiger partial charge in [0, 0.05) is 50.8 Å². The van der Waals surface area contributed by atoms with Crippen molar-refractivity contribution in [2.75, 3.05) is 58.9 Å². The molecule has 0 bridgehead atoms. The van der Waals surface area contributed by atoms with Crippen molar-refractivity contribution in [3.63, 3.8) is 0 Å². The van der Waals surface area contributed by atoms with Crippen molar-refractivity contribution in [2.45, 2.75) is 44.7 Å². The Kier molecular flexibility index (Phi) is 4.65. The summed E-state index contributed by atoms with van der Waals surface area (Å²) in [6.07, 6.45) is 4.19. The Morgan fingerprint density at radius 1 is 1.00 bits per heavy atom. The van der Waals surface area contributed by atoms with E-state index in [1.54, 1.807) is 0 Å². The number of hydrogen-bond acceptors (Lipinski definition) is 4. The van der Waals surface area contributed by atoms with Crippen molar-refractivity contribution in [1.29, 1.82) is 0 Å². The zero-order valence-corrected chi connectivity index (χ0v) is 13.4. The van der Waals surface area contributed by atoms with Crippen LogP contribution in [0.25, 0.3) is 0 Å². The third kappa shape index (κ3) is 3.35. The monoisotopic (exact) mass is 280 g/mol. The molecule has 0 aromatic heterocycles. The lowest BCUT2D eigenvalue weighted by Crippen LogP contribution is -2.58. The summed E-state index contributed by atoms with van der Waals surface area (Å²) in [4.78, 5) is 8.16. The topological polar surface area (TPSA) is 21.8 Å². The molecule has 1 N–H and O–H groups in total. The van der Waals surface area contributed by atoms with Crippen molar-refractivity contribution >= 4 is 0 Å². The second kappa shape index (κ2) is 6.30. The van der Waals surface area contributed by atoms with Gasteiger partial charge in [-0.25, -0.2) is 0 Å². The Morgan fingerprint density at radius 3 is 2.55 bits per heavy atom. The van der Waals surface area contributed by atoms with Crippen LogP contribution in [0, 0.1) is 0 Å². The average Bonchev–Trinajstić information content (AvgIpc) is 2.79. The lowest BCUT2D eigenvalue weighted by Gasteiger charge is -2.44. The van der Waals surface area contributed by atoms with Gasteiger partial charge in [0.25, 0.3) is 0 Å². The predicted octanol–water partition coefficient (Wildman–Crippen LogP) is 0.840. The van der Waals surface area contributed by atoms with E-state index in [1.165, 1.54) is 65.1 Å². The first kappa shape index (κ1) is 14.8. The molecule has 3 saturated heterocycles. The maximum Gasteiger partial charge on any atom is 0.0281 e. The van der Waals surface area contributed by atoms with Crippen LogP contribution in [-0.4, -0.2) is 85.2 Å². The molecule has 1 atom stereocenters. The molecule has 3 aliphatic rings. The smallest absolute Gasteiger partial charge is 0.0281 e. The standard InChI is InChI=1S/C16H32N4/c1-16(2,20-11-6-17-7-12-20)14-18-8-4-10-19-9-3-5-15(19)13-18/h15,17H,3-14H2,1-2H3. The zero-order chi connectivity index (χ0) is 14.0. The van der Waals surface area contributed by atoms with Crippen LogP contribution in [0.15, 0.2) is 0 Å². The second-order valence-electron chi connectivity index (χ2n) is 7.47. The SMILES string of the molecule is CC(C)(CN1CCCN2CCCC2C1)N1CCNCC1. The molecule has 3 aliphatic heterocycles. The van der Waals surface area contributed by atoms with E-state index in [1.807, 2.05) is 0 Å². The predicted molar refractivity (Wildman–Crippen MR) is 84.2 cm³/mol. The maximum absolute atomic E-state index is 3.47. The minimum absolute atomic E-state index is 0.315. The van der Waals surface area contributed by atoms with Crippen molar-refractivity contribution in [3.05, 3.63) is 0 Å².